The first-order valence-corrected chi connectivity index (χ1v) is 7.16. The molecule has 1 fully saturated rings. The number of morpholine rings is 1. The van der Waals surface area contributed by atoms with E-state index in [0.29, 0.717) is 5.75 Å². The van der Waals surface area contributed by atoms with Gasteiger partial charge >= 0.3 is 0 Å². The highest BCUT2D eigenvalue weighted by Crippen LogP contribution is 2.26. The van der Waals surface area contributed by atoms with Gasteiger partial charge in [0.05, 0.1) is 20.3 Å². The van der Waals surface area contributed by atoms with Crippen LogP contribution in [0.2, 0.25) is 0 Å². The summed E-state index contributed by atoms with van der Waals surface area (Å²) in [5.74, 6) is 0.709. The summed E-state index contributed by atoms with van der Waals surface area (Å²) in [5, 5.41) is 12.9. The number of phenols is 1. The fourth-order valence-electron chi connectivity index (χ4n) is 2.32. The number of phenolic OH excluding ortho intramolecular Hbond substituents is 1. The number of benzene rings is 1. The second-order valence-corrected chi connectivity index (χ2v) is 4.99. The summed E-state index contributed by atoms with van der Waals surface area (Å²) in [5.41, 5.74) is 1.12. The van der Waals surface area contributed by atoms with E-state index in [0.717, 1.165) is 57.9 Å². The van der Waals surface area contributed by atoms with Gasteiger partial charge in [0.15, 0.2) is 11.5 Å². The van der Waals surface area contributed by atoms with Gasteiger partial charge in [0.2, 0.25) is 0 Å². The fourth-order valence-corrected chi connectivity index (χ4v) is 2.32. The van der Waals surface area contributed by atoms with E-state index in [1.54, 1.807) is 13.2 Å². The number of hydrogen-bond donors (Lipinski definition) is 2. The third-order valence-electron chi connectivity index (χ3n) is 3.50. The highest BCUT2D eigenvalue weighted by molar-refractivity contribution is 5.41. The van der Waals surface area contributed by atoms with Crippen LogP contribution in [0.5, 0.6) is 11.5 Å². The number of ether oxygens (including phenoxy) is 2. The Balaban J connectivity index is 1.63. The standard InChI is InChI=1S/C15H24N2O3/c1-19-15-11-13(3-4-14(15)18)12-16-5-2-6-17-7-9-20-10-8-17/h3-4,11,16,18H,2,5-10,12H2,1H3. The average Bonchev–Trinajstić information content (AvgIpc) is 2.49. The zero-order chi connectivity index (χ0) is 14.2. The van der Waals surface area contributed by atoms with Crippen LogP contribution in [0.4, 0.5) is 0 Å². The molecule has 2 rings (SSSR count). The molecule has 5 heteroatoms. The highest BCUT2D eigenvalue weighted by Gasteiger charge is 2.09. The fraction of sp³-hybridized carbons (Fsp3) is 0.600. The Labute approximate surface area is 120 Å². The molecule has 1 aliphatic heterocycles. The molecule has 1 heterocycles. The van der Waals surface area contributed by atoms with Crippen LogP contribution in [0.3, 0.4) is 0 Å². The van der Waals surface area contributed by atoms with Crippen molar-refractivity contribution in [3.8, 4) is 11.5 Å². The average molecular weight is 280 g/mol. The predicted octanol–water partition coefficient (Wildman–Crippen LogP) is 1.21. The van der Waals surface area contributed by atoms with E-state index in [2.05, 4.69) is 10.2 Å². The molecule has 0 radical (unpaired) electrons. The largest absolute Gasteiger partial charge is 0.504 e. The molecule has 20 heavy (non-hydrogen) atoms. The molecule has 2 N–H and O–H groups in total. The minimum absolute atomic E-state index is 0.184. The van der Waals surface area contributed by atoms with Crippen molar-refractivity contribution in [1.82, 2.24) is 10.2 Å². The maximum atomic E-state index is 9.53. The van der Waals surface area contributed by atoms with Crippen LogP contribution in [0.1, 0.15) is 12.0 Å². The van der Waals surface area contributed by atoms with Crippen LogP contribution < -0.4 is 10.1 Å². The summed E-state index contributed by atoms with van der Waals surface area (Å²) < 4.78 is 10.4. The van der Waals surface area contributed by atoms with Crippen molar-refractivity contribution in [2.45, 2.75) is 13.0 Å². The Hall–Kier alpha value is -1.30. The van der Waals surface area contributed by atoms with Gasteiger partial charge in [-0.15, -0.1) is 0 Å². The first kappa shape index (κ1) is 15.1. The third-order valence-corrected chi connectivity index (χ3v) is 3.50. The van der Waals surface area contributed by atoms with Crippen LogP contribution in [0.15, 0.2) is 18.2 Å². The Bertz CT molecular complexity index is 406. The molecule has 0 aliphatic carbocycles. The van der Waals surface area contributed by atoms with E-state index in [4.69, 9.17) is 9.47 Å². The van der Waals surface area contributed by atoms with Crippen molar-refractivity contribution in [3.63, 3.8) is 0 Å². The summed E-state index contributed by atoms with van der Waals surface area (Å²) in [6, 6.07) is 5.45. The van der Waals surface area contributed by atoms with E-state index in [1.807, 2.05) is 12.1 Å². The van der Waals surface area contributed by atoms with Gasteiger partial charge in [-0.3, -0.25) is 4.90 Å². The van der Waals surface area contributed by atoms with Crippen molar-refractivity contribution >= 4 is 0 Å². The van der Waals surface area contributed by atoms with Crippen LogP contribution >= 0.6 is 0 Å². The van der Waals surface area contributed by atoms with Crippen molar-refractivity contribution in [1.29, 1.82) is 0 Å². The van der Waals surface area contributed by atoms with Crippen molar-refractivity contribution < 1.29 is 14.6 Å². The first-order valence-electron chi connectivity index (χ1n) is 7.16. The molecule has 1 aromatic carbocycles. The number of methoxy groups -OCH3 is 1. The molecule has 0 saturated carbocycles. The summed E-state index contributed by atoms with van der Waals surface area (Å²) in [4.78, 5) is 2.44. The lowest BCUT2D eigenvalue weighted by Gasteiger charge is -2.26. The zero-order valence-electron chi connectivity index (χ0n) is 12.1. The zero-order valence-corrected chi connectivity index (χ0v) is 12.1. The number of nitrogens with one attached hydrogen (secondary N) is 1. The van der Waals surface area contributed by atoms with Gasteiger partial charge < -0.3 is 19.9 Å². The second kappa shape index (κ2) is 8.09. The van der Waals surface area contributed by atoms with Gasteiger partial charge in [-0.1, -0.05) is 6.07 Å². The number of aromatic hydroxyl groups is 1. The van der Waals surface area contributed by atoms with Crippen LogP contribution in [0.25, 0.3) is 0 Å². The molecule has 0 aromatic heterocycles. The lowest BCUT2D eigenvalue weighted by Crippen LogP contribution is -2.37. The maximum absolute atomic E-state index is 9.53. The number of hydrogen-bond acceptors (Lipinski definition) is 5. The quantitative estimate of drug-likeness (QED) is 0.735. The van der Waals surface area contributed by atoms with Crippen LogP contribution in [0, 0.1) is 0 Å². The van der Waals surface area contributed by atoms with Gasteiger partial charge in [0.25, 0.3) is 0 Å². The Kier molecular flexibility index (Phi) is 6.11. The number of nitrogens with zero attached hydrogens (tertiary/aromatic N) is 1. The third kappa shape index (κ3) is 4.67. The Morgan fingerprint density at radius 1 is 1.35 bits per heavy atom. The molecule has 1 aliphatic rings. The van der Waals surface area contributed by atoms with Crippen molar-refractivity contribution in [2.75, 3.05) is 46.5 Å². The normalized spacial score (nSPS) is 16.2. The molecule has 112 valence electrons. The molecule has 1 saturated heterocycles. The van der Waals surface area contributed by atoms with Crippen LogP contribution in [-0.2, 0) is 11.3 Å². The summed E-state index contributed by atoms with van der Waals surface area (Å²) >= 11 is 0. The summed E-state index contributed by atoms with van der Waals surface area (Å²) in [7, 11) is 1.56. The van der Waals surface area contributed by atoms with Crippen molar-refractivity contribution in [3.05, 3.63) is 23.8 Å². The first-order chi connectivity index (χ1) is 9.79. The monoisotopic (exact) mass is 280 g/mol. The molecule has 5 nitrogen and oxygen atoms in total. The minimum Gasteiger partial charge on any atom is -0.504 e. The van der Waals surface area contributed by atoms with E-state index in [-0.39, 0.29) is 5.75 Å². The molecule has 0 amide bonds. The molecule has 0 bridgehead atoms. The van der Waals surface area contributed by atoms with E-state index in [9.17, 15) is 5.11 Å². The highest BCUT2D eigenvalue weighted by atomic mass is 16.5. The SMILES string of the molecule is COc1cc(CNCCCN2CCOCC2)ccc1O. The summed E-state index contributed by atoms with van der Waals surface area (Å²) in [6.07, 6.45) is 1.13. The van der Waals surface area contributed by atoms with E-state index < -0.39 is 0 Å². The predicted molar refractivity (Wildman–Crippen MR) is 78.2 cm³/mol. The lowest BCUT2D eigenvalue weighted by atomic mass is 10.2. The Morgan fingerprint density at radius 3 is 2.90 bits per heavy atom. The van der Waals surface area contributed by atoms with Gasteiger partial charge in [-0.05, 0) is 37.2 Å². The lowest BCUT2D eigenvalue weighted by molar-refractivity contribution is 0.0374. The van der Waals surface area contributed by atoms with Crippen molar-refractivity contribution in [2.24, 2.45) is 0 Å². The van der Waals surface area contributed by atoms with Gasteiger partial charge in [-0.2, -0.15) is 0 Å². The second-order valence-electron chi connectivity index (χ2n) is 4.99. The molecule has 0 atom stereocenters. The molecule has 1 aromatic rings. The minimum atomic E-state index is 0.184. The van der Waals surface area contributed by atoms with Gasteiger partial charge in [-0.25, -0.2) is 0 Å². The topological polar surface area (TPSA) is 54.0 Å². The number of rotatable bonds is 7. The smallest absolute Gasteiger partial charge is 0.160 e. The van der Waals surface area contributed by atoms with Gasteiger partial charge in [0.1, 0.15) is 0 Å². The van der Waals surface area contributed by atoms with Gasteiger partial charge in [0, 0.05) is 19.6 Å². The van der Waals surface area contributed by atoms with E-state index >= 15 is 0 Å². The van der Waals surface area contributed by atoms with Crippen LogP contribution in [-0.4, -0.2) is 56.5 Å². The Morgan fingerprint density at radius 2 is 2.15 bits per heavy atom. The molecule has 0 unspecified atom stereocenters. The molecule has 0 spiro atoms. The van der Waals surface area contributed by atoms with E-state index in [1.165, 1.54) is 0 Å². The summed E-state index contributed by atoms with van der Waals surface area (Å²) in [6.45, 7) is 6.72. The molecular weight excluding hydrogens is 256 g/mol. The molecular formula is C15H24N2O3. The maximum Gasteiger partial charge on any atom is 0.160 e.